The third-order valence-corrected chi connectivity index (χ3v) is 2.31. The lowest BCUT2D eigenvalue weighted by molar-refractivity contribution is 0.0658. The Morgan fingerprint density at radius 2 is 2.13 bits per heavy atom. The van der Waals surface area contributed by atoms with Crippen molar-refractivity contribution in [2.75, 3.05) is 26.9 Å². The quantitative estimate of drug-likeness (QED) is 0.249. The summed E-state index contributed by atoms with van der Waals surface area (Å²) in [5.74, 6) is 5.45. The van der Waals surface area contributed by atoms with Gasteiger partial charge in [-0.1, -0.05) is 19.1 Å². The molecule has 0 radical (unpaired) electrons. The summed E-state index contributed by atoms with van der Waals surface area (Å²) in [6.07, 6.45) is 2.82. The van der Waals surface area contributed by atoms with Gasteiger partial charge in [-0.25, -0.2) is 0 Å². The lowest BCUT2D eigenvalue weighted by Crippen LogP contribution is -2.36. The van der Waals surface area contributed by atoms with E-state index in [0.717, 1.165) is 19.3 Å². The van der Waals surface area contributed by atoms with Crippen molar-refractivity contribution in [3.05, 3.63) is 12.2 Å². The molecule has 0 saturated carbocycles. The van der Waals surface area contributed by atoms with Gasteiger partial charge in [-0.2, -0.15) is 0 Å². The van der Waals surface area contributed by atoms with E-state index >= 15 is 0 Å². The second-order valence-electron chi connectivity index (χ2n) is 3.57. The molecule has 0 aromatic heterocycles. The fourth-order valence-corrected chi connectivity index (χ4v) is 1.21. The summed E-state index contributed by atoms with van der Waals surface area (Å²) in [4.78, 5) is 0. The van der Waals surface area contributed by atoms with Gasteiger partial charge in [-0.15, -0.1) is 0 Å². The Hall–Kier alpha value is -0.420. The number of ether oxygens (including phenoxy) is 2. The molecule has 0 amide bonds. The molecule has 1 atom stereocenters. The number of nitrogens with two attached hydrogens (primary N) is 1. The third-order valence-electron chi connectivity index (χ3n) is 2.31. The maximum absolute atomic E-state index is 5.45. The predicted octanol–water partition coefficient (Wildman–Crippen LogP) is 1.23. The fraction of sp³-hybridized carbons (Fsp3) is 0.818. The minimum absolute atomic E-state index is 0.264. The molecule has 4 nitrogen and oxygen atoms in total. The van der Waals surface area contributed by atoms with E-state index in [4.69, 9.17) is 15.3 Å². The van der Waals surface area contributed by atoms with Crippen LogP contribution in [0.3, 0.4) is 0 Å². The van der Waals surface area contributed by atoms with Gasteiger partial charge in [0.05, 0.1) is 13.2 Å². The molecule has 0 aliphatic heterocycles. The Labute approximate surface area is 92.8 Å². The van der Waals surface area contributed by atoms with E-state index in [1.54, 1.807) is 7.11 Å². The van der Waals surface area contributed by atoms with Crippen LogP contribution in [0.5, 0.6) is 0 Å². The summed E-state index contributed by atoms with van der Waals surface area (Å²) in [6.45, 7) is 8.05. The van der Waals surface area contributed by atoms with Gasteiger partial charge < -0.3 is 9.47 Å². The molecule has 1 unspecified atom stereocenters. The van der Waals surface area contributed by atoms with Crippen LogP contribution in [0, 0.1) is 0 Å². The van der Waals surface area contributed by atoms with Gasteiger partial charge in [0, 0.05) is 19.8 Å². The Bertz CT molecular complexity index is 163. The summed E-state index contributed by atoms with van der Waals surface area (Å²) < 4.78 is 10.2. The van der Waals surface area contributed by atoms with E-state index in [1.807, 2.05) is 0 Å². The highest BCUT2D eigenvalue weighted by Gasteiger charge is 2.07. The Balaban J connectivity index is 3.48. The highest BCUT2D eigenvalue weighted by atomic mass is 16.5. The van der Waals surface area contributed by atoms with Crippen LogP contribution < -0.4 is 11.3 Å². The van der Waals surface area contributed by atoms with Gasteiger partial charge in [-0.3, -0.25) is 11.3 Å². The number of nitrogens with one attached hydrogen (secondary N) is 1. The van der Waals surface area contributed by atoms with Crippen molar-refractivity contribution in [3.63, 3.8) is 0 Å². The molecule has 3 N–H and O–H groups in total. The van der Waals surface area contributed by atoms with E-state index < -0.39 is 0 Å². The van der Waals surface area contributed by atoms with Gasteiger partial charge in [0.15, 0.2) is 0 Å². The topological polar surface area (TPSA) is 56.5 Å². The summed E-state index contributed by atoms with van der Waals surface area (Å²) >= 11 is 0. The van der Waals surface area contributed by atoms with Crippen LogP contribution in [0.4, 0.5) is 0 Å². The first-order valence-corrected chi connectivity index (χ1v) is 5.44. The van der Waals surface area contributed by atoms with E-state index in [1.165, 1.54) is 5.57 Å². The summed E-state index contributed by atoms with van der Waals surface area (Å²) in [7, 11) is 1.67. The summed E-state index contributed by atoms with van der Waals surface area (Å²) in [5, 5.41) is 0. The Kier molecular flexibility index (Phi) is 9.83. The van der Waals surface area contributed by atoms with E-state index in [-0.39, 0.29) is 6.04 Å². The molecule has 4 heteroatoms. The maximum atomic E-state index is 5.45. The normalized spacial score (nSPS) is 12.7. The summed E-state index contributed by atoms with van der Waals surface area (Å²) in [5.41, 5.74) is 4.00. The number of rotatable bonds is 10. The summed E-state index contributed by atoms with van der Waals surface area (Å²) in [6, 6.07) is 0.264. The zero-order chi connectivity index (χ0) is 11.5. The van der Waals surface area contributed by atoms with Crippen molar-refractivity contribution >= 4 is 0 Å². The number of methoxy groups -OCH3 is 1. The average molecular weight is 216 g/mol. The zero-order valence-electron chi connectivity index (χ0n) is 9.92. The number of hydrogen-bond donors (Lipinski definition) is 2. The highest BCUT2D eigenvalue weighted by Crippen LogP contribution is 2.08. The third kappa shape index (κ3) is 8.57. The lowest BCUT2D eigenvalue weighted by atomic mass is 10.0. The van der Waals surface area contributed by atoms with Crippen molar-refractivity contribution in [1.29, 1.82) is 0 Å². The zero-order valence-corrected chi connectivity index (χ0v) is 9.92. The van der Waals surface area contributed by atoms with Crippen molar-refractivity contribution in [2.45, 2.75) is 32.2 Å². The molecular formula is C11H24N2O2. The van der Waals surface area contributed by atoms with Gasteiger partial charge in [0.2, 0.25) is 0 Å². The molecule has 0 aliphatic rings. The van der Waals surface area contributed by atoms with Crippen LogP contribution in [0.15, 0.2) is 12.2 Å². The first-order chi connectivity index (χ1) is 7.24. The van der Waals surface area contributed by atoms with Crippen LogP contribution in [0.1, 0.15) is 26.2 Å². The monoisotopic (exact) mass is 216 g/mol. The largest absolute Gasteiger partial charge is 0.382 e. The van der Waals surface area contributed by atoms with Crippen LogP contribution in [-0.2, 0) is 9.47 Å². The molecule has 0 fully saturated rings. The molecule has 15 heavy (non-hydrogen) atoms. The van der Waals surface area contributed by atoms with Gasteiger partial charge >= 0.3 is 0 Å². The molecule has 90 valence electrons. The Morgan fingerprint density at radius 3 is 2.67 bits per heavy atom. The van der Waals surface area contributed by atoms with Crippen LogP contribution in [0.25, 0.3) is 0 Å². The lowest BCUT2D eigenvalue weighted by Gasteiger charge is -2.16. The van der Waals surface area contributed by atoms with Crippen molar-refractivity contribution in [2.24, 2.45) is 5.84 Å². The second-order valence-corrected chi connectivity index (χ2v) is 3.57. The van der Waals surface area contributed by atoms with Gasteiger partial charge in [0.1, 0.15) is 0 Å². The van der Waals surface area contributed by atoms with E-state index in [9.17, 15) is 0 Å². The van der Waals surface area contributed by atoms with Crippen LogP contribution in [0.2, 0.25) is 0 Å². The van der Waals surface area contributed by atoms with Crippen molar-refractivity contribution in [3.8, 4) is 0 Å². The fourth-order valence-electron chi connectivity index (χ4n) is 1.21. The first-order valence-electron chi connectivity index (χ1n) is 5.44. The minimum Gasteiger partial charge on any atom is -0.382 e. The molecule has 0 bridgehead atoms. The molecule has 0 aromatic rings. The smallest absolute Gasteiger partial charge is 0.0700 e. The second kappa shape index (κ2) is 10.1. The maximum Gasteiger partial charge on any atom is 0.0700 e. The molecule has 0 heterocycles. The average Bonchev–Trinajstić information content (AvgIpc) is 2.26. The minimum atomic E-state index is 0.264. The van der Waals surface area contributed by atoms with Crippen molar-refractivity contribution in [1.82, 2.24) is 5.43 Å². The van der Waals surface area contributed by atoms with Crippen LogP contribution >= 0.6 is 0 Å². The van der Waals surface area contributed by atoms with Crippen LogP contribution in [-0.4, -0.2) is 33.0 Å². The number of hydrazine groups is 1. The number of hydrogen-bond acceptors (Lipinski definition) is 4. The molecule has 0 aliphatic carbocycles. The molecule has 0 saturated heterocycles. The predicted molar refractivity (Wildman–Crippen MR) is 62.5 cm³/mol. The van der Waals surface area contributed by atoms with Gasteiger partial charge in [0.25, 0.3) is 0 Å². The molecular weight excluding hydrogens is 192 g/mol. The molecule has 0 aromatic carbocycles. The van der Waals surface area contributed by atoms with Crippen molar-refractivity contribution < 1.29 is 9.47 Å². The van der Waals surface area contributed by atoms with E-state index in [2.05, 4.69) is 18.9 Å². The van der Waals surface area contributed by atoms with E-state index in [0.29, 0.717) is 19.8 Å². The standard InChI is InChI=1S/C11H24N2O2/c1-4-10(2)9-11(13-12)5-6-15-8-7-14-3/h11,13H,2,4-9,12H2,1,3H3. The molecule has 0 spiro atoms. The highest BCUT2D eigenvalue weighted by molar-refractivity contribution is 4.95. The first kappa shape index (κ1) is 14.6. The van der Waals surface area contributed by atoms with Gasteiger partial charge in [-0.05, 0) is 19.3 Å². The Morgan fingerprint density at radius 1 is 1.40 bits per heavy atom. The molecule has 0 rings (SSSR count). The SMILES string of the molecule is C=C(CC)CC(CCOCCOC)NN.